The number of hydrogen-bond acceptors (Lipinski definition) is 0. The summed E-state index contributed by atoms with van der Waals surface area (Å²) in [6, 6.07) is 84.4. The van der Waals surface area contributed by atoms with Crippen LogP contribution < -0.4 is 20.7 Å². The maximum Gasteiger partial charge on any atom is 0.179 e. The topological polar surface area (TPSA) is 9.86 Å². The summed E-state index contributed by atoms with van der Waals surface area (Å²) in [6.45, 7) is 0. The van der Waals surface area contributed by atoms with Crippen LogP contribution in [0.15, 0.2) is 224 Å². The Morgan fingerprint density at radius 3 is 1.41 bits per heavy atom. The van der Waals surface area contributed by atoms with Gasteiger partial charge in [-0.15, -0.1) is 0 Å². The molecule has 2 heterocycles. The zero-order chi connectivity index (χ0) is 41.7. The van der Waals surface area contributed by atoms with Crippen LogP contribution in [0.25, 0.3) is 66.1 Å². The lowest BCUT2D eigenvalue weighted by molar-refractivity contribution is 0.444. The molecule has 302 valence electrons. The molecular weight excluding hydrogens is 777 g/mol. The molecule has 0 bridgehead atoms. The Hall–Kier alpha value is -7.20. The highest BCUT2D eigenvalue weighted by molar-refractivity contribution is 7.19. The lowest BCUT2D eigenvalue weighted by atomic mass is 9.84. The van der Waals surface area contributed by atoms with Gasteiger partial charge >= 0.3 is 0 Å². The number of fused-ring (bicyclic) bond motifs is 6. The Morgan fingerprint density at radius 1 is 0.317 bits per heavy atom. The molecule has 2 aromatic heterocycles. The lowest BCUT2D eigenvalue weighted by Crippen LogP contribution is -2.74. The Labute approximate surface area is 370 Å². The van der Waals surface area contributed by atoms with Gasteiger partial charge in [0.15, 0.2) is 8.07 Å². The van der Waals surface area contributed by atoms with Crippen molar-refractivity contribution >= 4 is 72.4 Å². The van der Waals surface area contributed by atoms with E-state index in [9.17, 15) is 0 Å². The van der Waals surface area contributed by atoms with E-state index in [1.165, 1.54) is 119 Å². The number of hydrogen-bond donors (Lipinski definition) is 0. The standard InChI is InChI=1S/C60H48N2Si/c1-5-17-43(18-6-1)45-29-35-51(36-30-45)63(49-21-9-3-10-22-49,50-23-11-4-12-24-50)52-37-32-47(33-38-52)61-57-27-15-13-25-53(57)55-39-34-48(42-60(55)61)62-58-28-16-14-26-54(58)56-41-46(31-40-59(56)62)44-19-7-2-8-20-44/h1,3-6,9-18,21-42,44H,2,7-8,19-20H2. The van der Waals surface area contributed by atoms with Gasteiger partial charge in [0, 0.05) is 32.9 Å². The maximum absolute atomic E-state index is 2.76. The fraction of sp³-hybridized carbons (Fsp3) is 0.100. The molecule has 1 aliphatic carbocycles. The van der Waals surface area contributed by atoms with E-state index in [1.807, 2.05) is 0 Å². The first kappa shape index (κ1) is 37.5. The molecule has 0 atom stereocenters. The second kappa shape index (κ2) is 15.6. The first-order chi connectivity index (χ1) is 31.3. The first-order valence-corrected chi connectivity index (χ1v) is 24.7. The van der Waals surface area contributed by atoms with Crippen molar-refractivity contribution in [2.75, 3.05) is 0 Å². The highest BCUT2D eigenvalue weighted by atomic mass is 28.3. The van der Waals surface area contributed by atoms with E-state index in [0.717, 1.165) is 5.69 Å². The molecule has 2 nitrogen and oxygen atoms in total. The average molecular weight is 825 g/mol. The summed E-state index contributed by atoms with van der Waals surface area (Å²) < 4.78 is 4.97. The number of nitrogens with zero attached hydrogens (tertiary/aromatic N) is 2. The van der Waals surface area contributed by atoms with E-state index in [0.29, 0.717) is 5.92 Å². The summed E-state index contributed by atoms with van der Waals surface area (Å²) in [5.74, 6) is 0.664. The van der Waals surface area contributed by atoms with Crippen molar-refractivity contribution in [2.24, 2.45) is 0 Å². The molecule has 1 fully saturated rings. The molecule has 0 aliphatic heterocycles. The van der Waals surface area contributed by atoms with E-state index in [2.05, 4.69) is 234 Å². The van der Waals surface area contributed by atoms with Crippen LogP contribution >= 0.6 is 0 Å². The van der Waals surface area contributed by atoms with Crippen LogP contribution in [0, 0.1) is 0 Å². The molecule has 1 saturated carbocycles. The van der Waals surface area contributed by atoms with Crippen LogP contribution in [0.3, 0.4) is 0 Å². The lowest BCUT2D eigenvalue weighted by Gasteiger charge is -2.34. The van der Waals surface area contributed by atoms with Crippen LogP contribution in [-0.2, 0) is 0 Å². The quantitative estimate of drug-likeness (QED) is 0.107. The number of rotatable bonds is 8. The molecule has 9 aromatic carbocycles. The summed E-state index contributed by atoms with van der Waals surface area (Å²) in [7, 11) is -2.76. The predicted molar refractivity (Wildman–Crippen MR) is 270 cm³/mol. The van der Waals surface area contributed by atoms with Crippen molar-refractivity contribution in [3.8, 4) is 22.5 Å². The fourth-order valence-corrected chi connectivity index (χ4v) is 15.8. The Morgan fingerprint density at radius 2 is 0.778 bits per heavy atom. The van der Waals surface area contributed by atoms with Crippen molar-refractivity contribution in [1.29, 1.82) is 0 Å². The van der Waals surface area contributed by atoms with Crippen LogP contribution in [0.4, 0.5) is 0 Å². The maximum atomic E-state index is 2.51. The summed E-state index contributed by atoms with van der Waals surface area (Å²) in [5, 5.41) is 10.7. The van der Waals surface area contributed by atoms with Crippen molar-refractivity contribution in [3.05, 3.63) is 230 Å². The van der Waals surface area contributed by atoms with Crippen LogP contribution in [-0.4, -0.2) is 17.2 Å². The third-order valence-electron chi connectivity index (χ3n) is 14.1. The number of benzene rings is 9. The van der Waals surface area contributed by atoms with Crippen molar-refractivity contribution in [1.82, 2.24) is 9.13 Å². The van der Waals surface area contributed by atoms with Gasteiger partial charge in [-0.3, -0.25) is 0 Å². The SMILES string of the molecule is c1ccc(-c2ccc([Si](c3ccccc3)(c3ccccc3)c3ccc(-n4c5ccccc5c5ccc(-n6c7ccccc7c7cc(C8CCCCC8)ccc76)cc54)cc3)cc2)cc1. The molecule has 11 aromatic rings. The first-order valence-electron chi connectivity index (χ1n) is 22.7. The minimum atomic E-state index is -2.76. The highest BCUT2D eigenvalue weighted by Crippen LogP contribution is 2.40. The largest absolute Gasteiger partial charge is 0.309 e. The van der Waals surface area contributed by atoms with Gasteiger partial charge in [-0.2, -0.15) is 0 Å². The minimum absolute atomic E-state index is 0.664. The van der Waals surface area contributed by atoms with Gasteiger partial charge in [0.2, 0.25) is 0 Å². The molecule has 0 saturated heterocycles. The van der Waals surface area contributed by atoms with Gasteiger partial charge in [-0.05, 0) is 105 Å². The molecule has 63 heavy (non-hydrogen) atoms. The van der Waals surface area contributed by atoms with Crippen LogP contribution in [0.1, 0.15) is 43.6 Å². The minimum Gasteiger partial charge on any atom is -0.309 e. The van der Waals surface area contributed by atoms with E-state index in [1.54, 1.807) is 0 Å². The van der Waals surface area contributed by atoms with Gasteiger partial charge in [0.25, 0.3) is 0 Å². The molecule has 0 spiro atoms. The highest BCUT2D eigenvalue weighted by Gasteiger charge is 2.41. The summed E-state index contributed by atoms with van der Waals surface area (Å²) >= 11 is 0. The molecule has 0 unspecified atom stereocenters. The molecule has 0 N–H and O–H groups in total. The molecular formula is C60H48N2Si. The Balaban J connectivity index is 1.03. The van der Waals surface area contributed by atoms with Gasteiger partial charge in [-0.25, -0.2) is 0 Å². The number of aromatic nitrogens is 2. The van der Waals surface area contributed by atoms with Crippen molar-refractivity contribution < 1.29 is 0 Å². The van der Waals surface area contributed by atoms with Gasteiger partial charge in [-0.1, -0.05) is 195 Å². The smallest absolute Gasteiger partial charge is 0.179 e. The third-order valence-corrected chi connectivity index (χ3v) is 18.9. The zero-order valence-corrected chi connectivity index (χ0v) is 36.4. The van der Waals surface area contributed by atoms with Crippen LogP contribution in [0.5, 0.6) is 0 Å². The molecule has 1 aliphatic rings. The average Bonchev–Trinajstić information content (AvgIpc) is 3.88. The monoisotopic (exact) mass is 824 g/mol. The molecule has 0 amide bonds. The number of para-hydroxylation sites is 2. The second-order valence-corrected chi connectivity index (χ2v) is 21.3. The summed E-state index contributed by atoms with van der Waals surface area (Å²) in [4.78, 5) is 0. The van der Waals surface area contributed by atoms with Crippen molar-refractivity contribution in [2.45, 2.75) is 38.0 Å². The van der Waals surface area contributed by atoms with Gasteiger partial charge < -0.3 is 9.13 Å². The van der Waals surface area contributed by atoms with E-state index >= 15 is 0 Å². The van der Waals surface area contributed by atoms with Crippen molar-refractivity contribution in [3.63, 3.8) is 0 Å². The Kier molecular flexibility index (Phi) is 9.30. The molecule has 12 rings (SSSR count). The Bertz CT molecular complexity index is 3360. The third kappa shape index (κ3) is 6.21. The predicted octanol–water partition coefficient (Wildman–Crippen LogP) is 13.0. The van der Waals surface area contributed by atoms with E-state index in [4.69, 9.17) is 0 Å². The normalized spacial score (nSPS) is 13.7. The zero-order valence-electron chi connectivity index (χ0n) is 35.4. The van der Waals surface area contributed by atoms with E-state index < -0.39 is 8.07 Å². The fourth-order valence-electron chi connectivity index (χ4n) is 11.1. The molecule has 3 heteroatoms. The van der Waals surface area contributed by atoms with E-state index in [-0.39, 0.29) is 0 Å². The van der Waals surface area contributed by atoms with Gasteiger partial charge in [0.1, 0.15) is 0 Å². The van der Waals surface area contributed by atoms with Gasteiger partial charge in [0.05, 0.1) is 22.1 Å². The summed E-state index contributed by atoms with van der Waals surface area (Å²) in [6.07, 6.45) is 6.65. The van der Waals surface area contributed by atoms with Crippen LogP contribution in [0.2, 0.25) is 0 Å². The summed E-state index contributed by atoms with van der Waals surface area (Å²) in [5.41, 5.74) is 11.2. The second-order valence-electron chi connectivity index (χ2n) is 17.5. The molecule has 0 radical (unpaired) electrons.